The van der Waals surface area contributed by atoms with Gasteiger partial charge < -0.3 is 68.1 Å². The lowest BCUT2D eigenvalue weighted by molar-refractivity contribution is -0.165. The van der Waals surface area contributed by atoms with Crippen molar-refractivity contribution in [3.8, 4) is 0 Å². The lowest BCUT2D eigenvalue weighted by atomic mass is 10.1. The lowest BCUT2D eigenvalue weighted by Gasteiger charge is -2.27. The predicted octanol–water partition coefficient (Wildman–Crippen LogP) is -4.64. The molecule has 4 amide bonds. The van der Waals surface area contributed by atoms with Gasteiger partial charge in [-0.05, 0) is 12.8 Å². The van der Waals surface area contributed by atoms with Gasteiger partial charge in [-0.15, -0.1) is 11.8 Å². The Hall–Kier alpha value is -5.14. The predicted molar refractivity (Wildman–Crippen MR) is 171 cm³/mol. The van der Waals surface area contributed by atoms with Crippen molar-refractivity contribution in [2.24, 2.45) is 11.5 Å². The Bertz CT molecular complexity index is 1440. The number of hydrogen-bond donors (Lipinski definition) is 12. The fourth-order valence-electron chi connectivity index (χ4n) is 3.80. The van der Waals surface area contributed by atoms with Crippen LogP contribution < -0.4 is 32.7 Å². The number of aliphatic hydroxyl groups is 1. The number of amides is 4. The average Bonchev–Trinajstić information content (AvgIpc) is 3.30. The zero-order valence-electron chi connectivity index (χ0n) is 26.3. The number of nitrogens with two attached hydrogens (primary N) is 2. The number of ether oxygens (including phenoxy) is 1. The van der Waals surface area contributed by atoms with Gasteiger partial charge in [0.15, 0.2) is 0 Å². The van der Waals surface area contributed by atoms with E-state index in [2.05, 4.69) is 10.6 Å². The molecular weight excluding hydrogens is 732 g/mol. The van der Waals surface area contributed by atoms with Gasteiger partial charge in [-0.1, -0.05) is 0 Å². The van der Waals surface area contributed by atoms with E-state index in [4.69, 9.17) is 36.6 Å². The number of aliphatic hydroxyl groups excluding tert-OH is 1. The first kappa shape index (κ1) is 43.9. The minimum Gasteiger partial charge on any atom is -0.501 e. The Kier molecular flexibility index (Phi) is 17.7. The maximum Gasteiger partial charge on any atom is 0.375 e. The van der Waals surface area contributed by atoms with Crippen LogP contribution >= 0.6 is 23.5 Å². The summed E-state index contributed by atoms with van der Waals surface area (Å²) in [5, 5.41) is 64.7. The minimum absolute atomic E-state index is 0.341. The summed E-state index contributed by atoms with van der Waals surface area (Å²) in [4.78, 5) is 118. The minimum atomic E-state index is -2.68. The van der Waals surface area contributed by atoms with Gasteiger partial charge in [0.05, 0.1) is 4.91 Å². The van der Waals surface area contributed by atoms with E-state index in [1.807, 2.05) is 10.6 Å². The van der Waals surface area contributed by atoms with E-state index in [-0.39, 0.29) is 12.8 Å². The topological polar surface area (TPSA) is 401 Å². The van der Waals surface area contributed by atoms with E-state index < -0.39 is 143 Å². The molecule has 0 aromatic heterocycles. The molecule has 1 heterocycles. The summed E-state index contributed by atoms with van der Waals surface area (Å²) in [6.45, 7) is -1.78. The summed E-state index contributed by atoms with van der Waals surface area (Å²) in [5.74, 6) is -16.2. The molecule has 5 atom stereocenters. The molecule has 284 valence electrons. The molecule has 51 heavy (non-hydrogen) atoms. The zero-order valence-corrected chi connectivity index (χ0v) is 28.0. The third kappa shape index (κ3) is 14.3. The summed E-state index contributed by atoms with van der Waals surface area (Å²) < 4.78 is 4.99. The SMILES string of the molecule is NC(CCC(=O)NC(CSCC1(C(=O)O)OC(=O)C(O)=C1SCC(NC(=O)CCC(N)C(=O)O)C(=O)NCC(=O)O)C(=O)NCC(=O)O)C(=O)O. The van der Waals surface area contributed by atoms with Crippen LogP contribution in [-0.4, -0.2) is 150 Å². The van der Waals surface area contributed by atoms with Crippen molar-refractivity contribution >= 4 is 83.0 Å². The molecule has 1 aliphatic heterocycles. The summed E-state index contributed by atoms with van der Waals surface area (Å²) in [5.41, 5.74) is 8.05. The van der Waals surface area contributed by atoms with Crippen LogP contribution in [0, 0.1) is 0 Å². The van der Waals surface area contributed by atoms with Gasteiger partial charge in [-0.25, -0.2) is 9.59 Å². The molecule has 0 aliphatic carbocycles. The van der Waals surface area contributed by atoms with Gasteiger partial charge in [0, 0.05) is 30.1 Å². The first-order valence-corrected chi connectivity index (χ1v) is 16.5. The Morgan fingerprint density at radius 3 is 1.55 bits per heavy atom. The largest absolute Gasteiger partial charge is 0.501 e. The number of esters is 1. The van der Waals surface area contributed by atoms with Crippen molar-refractivity contribution in [2.75, 3.05) is 30.3 Å². The second kappa shape index (κ2) is 20.5. The molecule has 1 aliphatic rings. The van der Waals surface area contributed by atoms with Crippen molar-refractivity contribution in [2.45, 2.75) is 55.5 Å². The zero-order chi connectivity index (χ0) is 39.1. The standard InChI is InChI=1S/C26H36N6O17S2/c27-10(22(42)43)1-3-14(33)31-12(20(40)29-5-16(35)36)7-50-9-26(25(47)48)19(18(39)24(46)49-26)51-8-13(21(41)30-6-17(37)38)32-15(34)4-2-11(28)23(44)45/h10-13,39H,1-9,27-28H2,(H,29,40)(H,30,41)(H,31,33)(H,32,34)(H,35,36)(H,37,38)(H,42,43)(H,44,45)(H,47,48). The Morgan fingerprint density at radius 2 is 1.16 bits per heavy atom. The molecule has 1 rings (SSSR count). The third-order valence-corrected chi connectivity index (χ3v) is 8.99. The van der Waals surface area contributed by atoms with Crippen LogP contribution in [0.1, 0.15) is 25.7 Å². The second-order valence-corrected chi connectivity index (χ2v) is 12.5. The van der Waals surface area contributed by atoms with Gasteiger partial charge in [0.25, 0.3) is 5.60 Å². The number of nitrogens with one attached hydrogen (secondary N) is 4. The smallest absolute Gasteiger partial charge is 0.375 e. The van der Waals surface area contributed by atoms with Crippen LogP contribution in [0.4, 0.5) is 0 Å². The number of hydrogen-bond acceptors (Lipinski definition) is 16. The van der Waals surface area contributed by atoms with Crippen LogP contribution in [0.25, 0.3) is 0 Å². The number of carboxylic acid groups (broad SMARTS) is 5. The first-order chi connectivity index (χ1) is 23.7. The molecule has 0 saturated heterocycles. The fourth-order valence-corrected chi connectivity index (χ4v) is 6.31. The van der Waals surface area contributed by atoms with Crippen LogP contribution in [0.15, 0.2) is 10.7 Å². The van der Waals surface area contributed by atoms with Crippen LogP contribution in [0.2, 0.25) is 0 Å². The Labute approximate surface area is 295 Å². The number of thioether (sulfide) groups is 2. The van der Waals surface area contributed by atoms with Crippen molar-refractivity contribution in [1.29, 1.82) is 0 Å². The number of aliphatic carboxylic acids is 5. The van der Waals surface area contributed by atoms with E-state index in [0.29, 0.717) is 23.5 Å². The molecule has 0 bridgehead atoms. The highest BCUT2D eigenvalue weighted by Gasteiger charge is 2.55. The lowest BCUT2D eigenvalue weighted by Crippen LogP contribution is -2.51. The van der Waals surface area contributed by atoms with Crippen LogP contribution in [0.3, 0.4) is 0 Å². The number of carbonyl (C=O) groups is 10. The Balaban J connectivity index is 3.22. The molecule has 0 radical (unpaired) electrons. The average molecular weight is 769 g/mol. The molecule has 23 nitrogen and oxygen atoms in total. The maximum absolute atomic E-state index is 12.7. The number of cyclic esters (lactones) is 1. The summed E-state index contributed by atoms with van der Waals surface area (Å²) in [7, 11) is 0. The first-order valence-electron chi connectivity index (χ1n) is 14.4. The molecule has 0 spiro atoms. The molecule has 0 fully saturated rings. The van der Waals surface area contributed by atoms with E-state index in [9.17, 15) is 58.2 Å². The highest BCUT2D eigenvalue weighted by molar-refractivity contribution is 8.03. The van der Waals surface area contributed by atoms with E-state index in [1.165, 1.54) is 0 Å². The second-order valence-electron chi connectivity index (χ2n) is 10.5. The highest BCUT2D eigenvalue weighted by Crippen LogP contribution is 2.42. The molecule has 25 heteroatoms. The van der Waals surface area contributed by atoms with Crippen molar-refractivity contribution in [3.63, 3.8) is 0 Å². The molecule has 14 N–H and O–H groups in total. The highest BCUT2D eigenvalue weighted by atomic mass is 32.2. The van der Waals surface area contributed by atoms with Gasteiger partial charge in [-0.2, -0.15) is 11.8 Å². The number of rotatable bonds is 24. The summed E-state index contributed by atoms with van der Waals surface area (Å²) in [6, 6.07) is -6.05. The number of carboxylic acids is 5. The molecule has 0 saturated carbocycles. The molecule has 0 aromatic carbocycles. The monoisotopic (exact) mass is 768 g/mol. The van der Waals surface area contributed by atoms with Crippen LogP contribution in [0.5, 0.6) is 0 Å². The van der Waals surface area contributed by atoms with Crippen LogP contribution in [-0.2, 0) is 52.7 Å². The summed E-state index contributed by atoms with van der Waals surface area (Å²) in [6.07, 6.45) is -1.68. The van der Waals surface area contributed by atoms with Crippen molar-refractivity contribution < 1.29 is 83.3 Å². The molecular formula is C26H36N6O17S2. The van der Waals surface area contributed by atoms with Crippen molar-refractivity contribution in [3.05, 3.63) is 10.7 Å². The quantitative estimate of drug-likeness (QED) is 0.0411. The third-order valence-electron chi connectivity index (χ3n) is 6.50. The van der Waals surface area contributed by atoms with Gasteiger partial charge in [0.1, 0.15) is 37.3 Å². The van der Waals surface area contributed by atoms with E-state index in [1.54, 1.807) is 0 Å². The van der Waals surface area contributed by atoms with Gasteiger partial charge >= 0.3 is 35.8 Å². The van der Waals surface area contributed by atoms with Gasteiger partial charge in [-0.3, -0.25) is 38.4 Å². The fraction of sp³-hybridized carbons (Fsp3) is 0.538. The number of carbonyl (C=O) groups excluding carboxylic acids is 5. The summed E-state index contributed by atoms with van der Waals surface area (Å²) >= 11 is 0.915. The molecule has 5 unspecified atom stereocenters. The van der Waals surface area contributed by atoms with Gasteiger partial charge in [0.2, 0.25) is 29.4 Å². The maximum atomic E-state index is 12.7. The van der Waals surface area contributed by atoms with E-state index >= 15 is 0 Å². The normalized spacial score (nSPS) is 17.6. The van der Waals surface area contributed by atoms with E-state index in [0.717, 1.165) is 0 Å². The molecule has 0 aromatic rings. The van der Waals surface area contributed by atoms with Crippen molar-refractivity contribution in [1.82, 2.24) is 21.3 Å². The Morgan fingerprint density at radius 1 is 0.725 bits per heavy atom.